The Morgan fingerprint density at radius 1 is 1.25 bits per heavy atom. The van der Waals surface area contributed by atoms with Crippen molar-refractivity contribution in [3.05, 3.63) is 23.9 Å². The van der Waals surface area contributed by atoms with Crippen molar-refractivity contribution in [1.82, 2.24) is 19.7 Å². The monoisotopic (exact) mass is 400 g/mol. The maximum absolute atomic E-state index is 12.7. The maximum Gasteiger partial charge on any atom is 0.406 e. The molecule has 28 heavy (non-hydrogen) atoms. The summed E-state index contributed by atoms with van der Waals surface area (Å²) in [6, 6.07) is 2.74. The second-order valence-electron chi connectivity index (χ2n) is 6.92. The molecule has 1 aromatic heterocycles. The molecule has 154 valence electrons. The van der Waals surface area contributed by atoms with Crippen LogP contribution in [0.15, 0.2) is 18.3 Å². The number of likely N-dealkylation sites (tertiary alicyclic amines) is 1. The molecule has 0 unspecified atom stereocenters. The summed E-state index contributed by atoms with van der Waals surface area (Å²) < 4.78 is 43.2. The first kappa shape index (κ1) is 20.4. The smallest absolute Gasteiger partial charge is 0.406 e. The highest BCUT2D eigenvalue weighted by Gasteiger charge is 2.40. The second-order valence-corrected chi connectivity index (χ2v) is 6.92. The number of carbonyl (C=O) groups is 2. The lowest BCUT2D eigenvalue weighted by Crippen LogP contribution is -2.59. The van der Waals surface area contributed by atoms with Gasteiger partial charge in [-0.1, -0.05) is 0 Å². The molecule has 2 saturated heterocycles. The number of methoxy groups -OCH3 is 1. The quantitative estimate of drug-likeness (QED) is 0.765. The number of carbonyl (C=O) groups excluding carboxylic acids is 2. The Morgan fingerprint density at radius 2 is 1.96 bits per heavy atom. The van der Waals surface area contributed by atoms with E-state index in [1.54, 1.807) is 17.0 Å². The number of aromatic nitrogens is 1. The third-order valence-corrected chi connectivity index (χ3v) is 5.11. The number of alkyl halides is 3. The summed E-state index contributed by atoms with van der Waals surface area (Å²) >= 11 is 0. The summed E-state index contributed by atoms with van der Waals surface area (Å²) in [5.74, 6) is -0.435. The summed E-state index contributed by atoms with van der Waals surface area (Å²) in [6.45, 7) is 0.574. The number of piperazine rings is 1. The molecule has 1 aromatic rings. The Bertz CT molecular complexity index is 720. The van der Waals surface area contributed by atoms with Crippen LogP contribution in [0, 0.1) is 0 Å². The van der Waals surface area contributed by atoms with Crippen molar-refractivity contribution in [3.8, 4) is 5.88 Å². The molecule has 0 bridgehead atoms. The number of amides is 2. The Hall–Kier alpha value is -2.36. The Morgan fingerprint density at radius 3 is 2.61 bits per heavy atom. The molecule has 2 aliphatic heterocycles. The Kier molecular flexibility index (Phi) is 6.07. The zero-order valence-electron chi connectivity index (χ0n) is 15.6. The lowest BCUT2D eigenvalue weighted by molar-refractivity contribution is -0.168. The van der Waals surface area contributed by atoms with Crippen LogP contribution in [0.2, 0.25) is 0 Å². The van der Waals surface area contributed by atoms with E-state index in [1.165, 1.54) is 13.3 Å². The van der Waals surface area contributed by atoms with E-state index in [0.717, 1.165) is 4.90 Å². The van der Waals surface area contributed by atoms with Gasteiger partial charge in [0, 0.05) is 38.9 Å². The minimum Gasteiger partial charge on any atom is -0.480 e. The number of hydrogen-bond donors (Lipinski definition) is 0. The fraction of sp³-hybridized carbons (Fsp3) is 0.611. The van der Waals surface area contributed by atoms with E-state index in [4.69, 9.17) is 4.74 Å². The van der Waals surface area contributed by atoms with Crippen LogP contribution in [0.5, 0.6) is 5.88 Å². The van der Waals surface area contributed by atoms with Gasteiger partial charge in [-0.15, -0.1) is 0 Å². The van der Waals surface area contributed by atoms with Gasteiger partial charge in [-0.25, -0.2) is 4.98 Å². The van der Waals surface area contributed by atoms with Gasteiger partial charge in [0.05, 0.1) is 13.2 Å². The fourth-order valence-corrected chi connectivity index (χ4v) is 3.76. The van der Waals surface area contributed by atoms with Crippen LogP contribution in [0.1, 0.15) is 23.2 Å². The van der Waals surface area contributed by atoms with Gasteiger partial charge in [0.25, 0.3) is 5.91 Å². The fourth-order valence-electron chi connectivity index (χ4n) is 3.76. The maximum atomic E-state index is 12.7. The molecular weight excluding hydrogens is 377 g/mol. The molecule has 10 heteroatoms. The number of rotatable bonds is 4. The van der Waals surface area contributed by atoms with Crippen LogP contribution < -0.4 is 4.74 Å². The van der Waals surface area contributed by atoms with Crippen molar-refractivity contribution < 1.29 is 27.5 Å². The molecule has 0 radical (unpaired) electrons. The molecule has 3 rings (SSSR count). The number of nitrogens with zero attached hydrogens (tertiary/aromatic N) is 4. The highest BCUT2D eigenvalue weighted by Crippen LogP contribution is 2.24. The first-order valence-electron chi connectivity index (χ1n) is 9.18. The van der Waals surface area contributed by atoms with Gasteiger partial charge in [0.1, 0.15) is 12.1 Å². The number of ether oxygens (including phenoxy) is 1. The minimum absolute atomic E-state index is 0.133. The molecule has 0 saturated carbocycles. The van der Waals surface area contributed by atoms with E-state index < -0.39 is 24.7 Å². The molecule has 7 nitrogen and oxygen atoms in total. The van der Waals surface area contributed by atoms with E-state index in [0.29, 0.717) is 44.6 Å². The standard InChI is InChI=1S/C18H23F3N4O3/c1-28-15-13(4-2-6-22-15)16(26)24-10-8-23(9-11-24)14-5-3-7-25(17(14)27)12-18(19,20)21/h2,4,6,14H,3,5,7-12H2,1H3/t14-/m1/s1. The highest BCUT2D eigenvalue weighted by molar-refractivity contribution is 5.96. The highest BCUT2D eigenvalue weighted by atomic mass is 19.4. The van der Waals surface area contributed by atoms with E-state index in [1.807, 2.05) is 4.90 Å². The topological polar surface area (TPSA) is 66.0 Å². The number of halogens is 3. The van der Waals surface area contributed by atoms with Crippen molar-refractivity contribution in [3.63, 3.8) is 0 Å². The second kappa shape index (κ2) is 8.34. The summed E-state index contributed by atoms with van der Waals surface area (Å²) in [6.07, 6.45) is -1.78. The van der Waals surface area contributed by atoms with E-state index in [2.05, 4.69) is 4.98 Å². The van der Waals surface area contributed by atoms with Gasteiger partial charge < -0.3 is 14.5 Å². The van der Waals surface area contributed by atoms with Gasteiger partial charge in [0.2, 0.25) is 11.8 Å². The van der Waals surface area contributed by atoms with Crippen LogP contribution in [0.25, 0.3) is 0 Å². The Balaban J connectivity index is 1.60. The summed E-state index contributed by atoms with van der Waals surface area (Å²) in [7, 11) is 1.44. The van der Waals surface area contributed by atoms with Gasteiger partial charge >= 0.3 is 6.18 Å². The third kappa shape index (κ3) is 4.54. The molecule has 1 atom stereocenters. The first-order valence-corrected chi connectivity index (χ1v) is 9.18. The SMILES string of the molecule is COc1ncccc1C(=O)N1CCN([C@@H]2CCCN(CC(F)(F)F)C2=O)CC1. The molecule has 0 N–H and O–H groups in total. The summed E-state index contributed by atoms with van der Waals surface area (Å²) in [5, 5.41) is 0. The molecular formula is C18H23F3N4O3. The van der Waals surface area contributed by atoms with Crippen LogP contribution in [0.4, 0.5) is 13.2 Å². The van der Waals surface area contributed by atoms with Crippen molar-refractivity contribution in [2.75, 3.05) is 46.4 Å². The molecule has 2 fully saturated rings. The third-order valence-electron chi connectivity index (χ3n) is 5.11. The number of piperidine rings is 1. The van der Waals surface area contributed by atoms with Gasteiger partial charge in [-0.05, 0) is 25.0 Å². The molecule has 0 aromatic carbocycles. The first-order chi connectivity index (χ1) is 13.3. The van der Waals surface area contributed by atoms with Crippen LogP contribution in [-0.2, 0) is 4.79 Å². The van der Waals surface area contributed by atoms with E-state index in [-0.39, 0.29) is 18.3 Å². The normalized spacial score (nSPS) is 21.7. The van der Waals surface area contributed by atoms with Crippen LogP contribution >= 0.6 is 0 Å². The Labute approximate surface area is 161 Å². The van der Waals surface area contributed by atoms with Crippen molar-refractivity contribution in [1.29, 1.82) is 0 Å². The van der Waals surface area contributed by atoms with Crippen LogP contribution in [-0.4, -0.2) is 90.1 Å². The lowest BCUT2D eigenvalue weighted by Gasteiger charge is -2.42. The molecule has 0 spiro atoms. The summed E-state index contributed by atoms with van der Waals surface area (Å²) in [5.41, 5.74) is 0.364. The largest absolute Gasteiger partial charge is 0.480 e. The summed E-state index contributed by atoms with van der Waals surface area (Å²) in [4.78, 5) is 33.7. The zero-order valence-corrected chi connectivity index (χ0v) is 15.6. The predicted molar refractivity (Wildman–Crippen MR) is 93.9 cm³/mol. The molecule has 3 heterocycles. The average Bonchev–Trinajstić information content (AvgIpc) is 2.68. The number of hydrogen-bond acceptors (Lipinski definition) is 5. The van der Waals surface area contributed by atoms with Gasteiger partial charge in [0.15, 0.2) is 0 Å². The number of pyridine rings is 1. The van der Waals surface area contributed by atoms with Gasteiger partial charge in [-0.3, -0.25) is 14.5 Å². The molecule has 2 amide bonds. The van der Waals surface area contributed by atoms with Crippen molar-refractivity contribution in [2.45, 2.75) is 25.1 Å². The molecule has 2 aliphatic rings. The zero-order chi connectivity index (χ0) is 20.3. The average molecular weight is 400 g/mol. The van der Waals surface area contributed by atoms with E-state index >= 15 is 0 Å². The van der Waals surface area contributed by atoms with Crippen LogP contribution in [0.3, 0.4) is 0 Å². The predicted octanol–water partition coefficient (Wildman–Crippen LogP) is 1.40. The lowest BCUT2D eigenvalue weighted by atomic mass is 10.0. The minimum atomic E-state index is -4.40. The van der Waals surface area contributed by atoms with Gasteiger partial charge in [-0.2, -0.15) is 13.2 Å². The van der Waals surface area contributed by atoms with Crippen molar-refractivity contribution in [2.24, 2.45) is 0 Å². The van der Waals surface area contributed by atoms with E-state index in [9.17, 15) is 22.8 Å². The van der Waals surface area contributed by atoms with Crippen molar-refractivity contribution >= 4 is 11.8 Å². The molecule has 0 aliphatic carbocycles.